The molecule has 0 spiro atoms. The van der Waals surface area contributed by atoms with Crippen LogP contribution in [0, 0.1) is 5.41 Å². The molecular formula is C32H38N2O5. The lowest BCUT2D eigenvalue weighted by atomic mass is 9.88. The third kappa shape index (κ3) is 9.37. The van der Waals surface area contributed by atoms with E-state index < -0.39 is 12.0 Å². The lowest BCUT2D eigenvalue weighted by Gasteiger charge is -2.18. The summed E-state index contributed by atoms with van der Waals surface area (Å²) >= 11 is 0. The van der Waals surface area contributed by atoms with Gasteiger partial charge in [0.25, 0.3) is 0 Å². The third-order valence-electron chi connectivity index (χ3n) is 6.34. The summed E-state index contributed by atoms with van der Waals surface area (Å²) in [6.07, 6.45) is 1.60. The number of carboxylic acid groups (broad SMARTS) is 1. The molecule has 3 rings (SSSR count). The molecular weight excluding hydrogens is 492 g/mol. The lowest BCUT2D eigenvalue weighted by Crippen LogP contribution is -2.32. The molecule has 7 nitrogen and oxygen atoms in total. The van der Waals surface area contributed by atoms with Crippen molar-refractivity contribution >= 4 is 23.2 Å². The van der Waals surface area contributed by atoms with Gasteiger partial charge in [-0.25, -0.2) is 4.79 Å². The van der Waals surface area contributed by atoms with Gasteiger partial charge in [0.15, 0.2) is 5.78 Å². The number of nitrogens with one attached hydrogen (secondary N) is 2. The number of carboxylic acids is 1. The van der Waals surface area contributed by atoms with Crippen molar-refractivity contribution in [1.82, 2.24) is 5.32 Å². The highest BCUT2D eigenvalue weighted by atomic mass is 16.5. The Morgan fingerprint density at radius 3 is 2.21 bits per heavy atom. The van der Waals surface area contributed by atoms with Crippen molar-refractivity contribution in [2.45, 2.75) is 46.1 Å². The van der Waals surface area contributed by atoms with Crippen LogP contribution in [0.5, 0.6) is 5.75 Å². The van der Waals surface area contributed by atoms with E-state index in [1.54, 1.807) is 48.5 Å². The van der Waals surface area contributed by atoms with E-state index >= 15 is 0 Å². The number of ketones is 2. The first-order valence-corrected chi connectivity index (χ1v) is 13.3. The predicted molar refractivity (Wildman–Crippen MR) is 154 cm³/mol. The number of hydrogen-bond acceptors (Lipinski definition) is 6. The van der Waals surface area contributed by atoms with Crippen molar-refractivity contribution in [3.63, 3.8) is 0 Å². The van der Waals surface area contributed by atoms with Crippen LogP contribution in [0.1, 0.15) is 55.1 Å². The highest BCUT2D eigenvalue weighted by Crippen LogP contribution is 2.22. The molecule has 0 bridgehead atoms. The van der Waals surface area contributed by atoms with Gasteiger partial charge in [-0.2, -0.15) is 0 Å². The van der Waals surface area contributed by atoms with Crippen molar-refractivity contribution < 1.29 is 24.2 Å². The van der Waals surface area contributed by atoms with Gasteiger partial charge in [-0.05, 0) is 42.8 Å². The van der Waals surface area contributed by atoms with Gasteiger partial charge in [0.2, 0.25) is 0 Å². The zero-order valence-corrected chi connectivity index (χ0v) is 22.9. The Morgan fingerprint density at radius 2 is 1.54 bits per heavy atom. The first-order chi connectivity index (χ1) is 18.6. The van der Waals surface area contributed by atoms with Gasteiger partial charge in [0.05, 0.1) is 0 Å². The van der Waals surface area contributed by atoms with Gasteiger partial charge in [0.1, 0.15) is 24.2 Å². The van der Waals surface area contributed by atoms with Crippen LogP contribution in [-0.4, -0.2) is 48.4 Å². The smallest absolute Gasteiger partial charge is 0.326 e. The van der Waals surface area contributed by atoms with Crippen LogP contribution >= 0.6 is 0 Å². The van der Waals surface area contributed by atoms with Crippen LogP contribution in [0.15, 0.2) is 78.9 Å². The molecule has 0 aliphatic rings. The number of hydrogen-bond donors (Lipinski definition) is 3. The molecule has 3 N–H and O–H groups in total. The summed E-state index contributed by atoms with van der Waals surface area (Å²) in [7, 11) is 0. The number of anilines is 1. The van der Waals surface area contributed by atoms with E-state index in [4.69, 9.17) is 4.74 Å². The lowest BCUT2D eigenvalue weighted by molar-refractivity contribution is -0.137. The molecule has 39 heavy (non-hydrogen) atoms. The van der Waals surface area contributed by atoms with Crippen LogP contribution in [0.3, 0.4) is 0 Å². The highest BCUT2D eigenvalue weighted by Gasteiger charge is 2.22. The molecule has 3 aromatic carbocycles. The zero-order valence-electron chi connectivity index (χ0n) is 22.9. The van der Waals surface area contributed by atoms with Crippen LogP contribution in [-0.2, 0) is 16.0 Å². The van der Waals surface area contributed by atoms with Crippen molar-refractivity contribution in [2.24, 2.45) is 5.41 Å². The Hall–Kier alpha value is -3.97. The highest BCUT2D eigenvalue weighted by molar-refractivity contribution is 6.12. The fraction of sp³-hybridized carbons (Fsp3) is 0.344. The summed E-state index contributed by atoms with van der Waals surface area (Å²) in [5, 5.41) is 16.2. The van der Waals surface area contributed by atoms with Crippen LogP contribution in [0.2, 0.25) is 0 Å². The molecule has 0 unspecified atom stereocenters. The van der Waals surface area contributed by atoms with Gasteiger partial charge < -0.3 is 20.5 Å². The average molecular weight is 531 g/mol. The number of aliphatic carboxylic acids is 1. The Labute approximate surface area is 230 Å². The standard InChI is InChI=1S/C32H38N2O5/c1-32(2,3)29(35)14-9-19-33-20-21-39-25-17-15-23(16-18-25)22-28(31(37)38)34-27-13-8-7-12-26(27)30(36)24-10-5-4-6-11-24/h4-8,10-13,15-18,28,33-34H,9,14,19-22H2,1-3H3,(H,37,38)/t28-/m0/s1. The SMILES string of the molecule is CC(C)(C)C(=O)CCCNCCOc1ccc(C[C@H](Nc2ccccc2C(=O)c2ccccc2)C(=O)O)cc1. The molecule has 0 saturated heterocycles. The molecule has 0 amide bonds. The quantitative estimate of drug-likeness (QED) is 0.179. The van der Waals surface area contributed by atoms with Crippen LogP contribution in [0.25, 0.3) is 0 Å². The van der Waals surface area contributed by atoms with Gasteiger partial charge in [-0.3, -0.25) is 9.59 Å². The number of carbonyl (C=O) groups is 3. The molecule has 0 aromatic heterocycles. The minimum atomic E-state index is -1.01. The van der Waals surface area contributed by atoms with Crippen LogP contribution < -0.4 is 15.4 Å². The topological polar surface area (TPSA) is 105 Å². The second-order valence-corrected chi connectivity index (χ2v) is 10.5. The number of para-hydroxylation sites is 1. The summed E-state index contributed by atoms with van der Waals surface area (Å²) in [6, 6.07) is 22.3. The molecule has 0 radical (unpaired) electrons. The van der Waals surface area contributed by atoms with E-state index in [0.29, 0.717) is 42.1 Å². The molecule has 0 aliphatic heterocycles. The Bertz CT molecular complexity index is 1230. The zero-order chi connectivity index (χ0) is 28.3. The summed E-state index contributed by atoms with van der Waals surface area (Å²) in [6.45, 7) is 7.72. The first kappa shape index (κ1) is 29.6. The number of benzene rings is 3. The van der Waals surface area contributed by atoms with E-state index in [-0.39, 0.29) is 23.4 Å². The fourth-order valence-electron chi connectivity index (χ4n) is 4.01. The molecule has 0 heterocycles. The maximum absolute atomic E-state index is 13.0. The molecule has 7 heteroatoms. The maximum atomic E-state index is 13.0. The van der Waals surface area contributed by atoms with Crippen molar-refractivity contribution in [2.75, 3.05) is 25.0 Å². The number of ether oxygens (including phenoxy) is 1. The van der Waals surface area contributed by atoms with E-state index in [2.05, 4.69) is 10.6 Å². The normalized spacial score (nSPS) is 12.0. The maximum Gasteiger partial charge on any atom is 0.326 e. The van der Waals surface area contributed by atoms with E-state index in [1.807, 2.05) is 51.1 Å². The summed E-state index contributed by atoms with van der Waals surface area (Å²) in [5.74, 6) is -0.210. The number of rotatable bonds is 15. The largest absolute Gasteiger partial charge is 0.492 e. The second-order valence-electron chi connectivity index (χ2n) is 10.5. The fourth-order valence-corrected chi connectivity index (χ4v) is 4.01. The van der Waals surface area contributed by atoms with Crippen molar-refractivity contribution in [3.05, 3.63) is 95.6 Å². The second kappa shape index (κ2) is 14.3. The predicted octanol–water partition coefficient (Wildman–Crippen LogP) is 5.39. The van der Waals surface area contributed by atoms with E-state index in [0.717, 1.165) is 18.5 Å². The van der Waals surface area contributed by atoms with Crippen LogP contribution in [0.4, 0.5) is 5.69 Å². The molecule has 0 aliphatic carbocycles. The molecule has 1 atom stereocenters. The molecule has 0 fully saturated rings. The van der Waals surface area contributed by atoms with E-state index in [9.17, 15) is 19.5 Å². The Morgan fingerprint density at radius 1 is 0.872 bits per heavy atom. The molecule has 0 saturated carbocycles. The van der Waals surface area contributed by atoms with Crippen molar-refractivity contribution in [1.29, 1.82) is 0 Å². The monoisotopic (exact) mass is 530 g/mol. The van der Waals surface area contributed by atoms with Gasteiger partial charge in [-0.15, -0.1) is 0 Å². The Kier molecular flexibility index (Phi) is 10.8. The summed E-state index contributed by atoms with van der Waals surface area (Å²) < 4.78 is 5.78. The van der Waals surface area contributed by atoms with Crippen molar-refractivity contribution in [3.8, 4) is 5.75 Å². The minimum absolute atomic E-state index is 0.169. The molecule has 206 valence electrons. The third-order valence-corrected chi connectivity index (χ3v) is 6.34. The number of carbonyl (C=O) groups excluding carboxylic acids is 2. The van der Waals surface area contributed by atoms with Gasteiger partial charge >= 0.3 is 5.97 Å². The van der Waals surface area contributed by atoms with Gasteiger partial charge in [0, 0.05) is 41.6 Å². The average Bonchev–Trinajstić information content (AvgIpc) is 2.92. The summed E-state index contributed by atoms with van der Waals surface area (Å²) in [5.41, 5.74) is 1.99. The first-order valence-electron chi connectivity index (χ1n) is 13.3. The number of Topliss-reactive ketones (excluding diaryl/α,β-unsaturated/α-hetero) is 1. The Balaban J connectivity index is 1.50. The molecule has 3 aromatic rings. The minimum Gasteiger partial charge on any atom is -0.492 e. The van der Waals surface area contributed by atoms with E-state index in [1.165, 1.54) is 0 Å². The summed E-state index contributed by atoms with van der Waals surface area (Å²) in [4.78, 5) is 37.0. The van der Waals surface area contributed by atoms with Gasteiger partial charge in [-0.1, -0.05) is 75.4 Å².